The quantitative estimate of drug-likeness (QED) is 0.527. The highest BCUT2D eigenvalue weighted by Crippen LogP contribution is 2.14. The van der Waals surface area contributed by atoms with Gasteiger partial charge in [-0.1, -0.05) is 0 Å². The molecule has 0 aliphatic rings. The summed E-state index contributed by atoms with van der Waals surface area (Å²) in [6.07, 6.45) is -0.969. The molecule has 0 radical (unpaired) electrons. The first-order chi connectivity index (χ1) is 13.4. The number of nitrogens with one attached hydrogen (secondary N) is 1. The molecular formula is C21H23NO6. The number of amides is 1. The molecule has 2 rings (SSSR count). The van der Waals surface area contributed by atoms with Crippen molar-refractivity contribution in [2.75, 3.05) is 20.3 Å². The van der Waals surface area contributed by atoms with Crippen molar-refractivity contribution in [3.05, 3.63) is 59.7 Å². The number of carbonyl (C=O) groups is 3. The van der Waals surface area contributed by atoms with E-state index in [9.17, 15) is 14.4 Å². The SMILES string of the molecule is CCOc1ccc(C(=O)NCC(=O)O[C@@H](C)C(=O)c2ccc(OC)cc2)cc1. The fourth-order valence-electron chi connectivity index (χ4n) is 2.41. The molecule has 1 amide bonds. The summed E-state index contributed by atoms with van der Waals surface area (Å²) in [5, 5.41) is 2.47. The number of rotatable bonds is 9. The van der Waals surface area contributed by atoms with Crippen LogP contribution in [-0.2, 0) is 9.53 Å². The fraction of sp³-hybridized carbons (Fsp3) is 0.286. The van der Waals surface area contributed by atoms with Crippen LogP contribution in [0.25, 0.3) is 0 Å². The summed E-state index contributed by atoms with van der Waals surface area (Å²) < 4.78 is 15.5. The van der Waals surface area contributed by atoms with E-state index < -0.39 is 18.0 Å². The van der Waals surface area contributed by atoms with Gasteiger partial charge in [0.2, 0.25) is 5.78 Å². The van der Waals surface area contributed by atoms with Crippen molar-refractivity contribution < 1.29 is 28.6 Å². The monoisotopic (exact) mass is 385 g/mol. The first-order valence-corrected chi connectivity index (χ1v) is 8.83. The van der Waals surface area contributed by atoms with Gasteiger partial charge in [0, 0.05) is 11.1 Å². The predicted molar refractivity (Wildman–Crippen MR) is 103 cm³/mol. The Morgan fingerprint density at radius 3 is 2.07 bits per heavy atom. The van der Waals surface area contributed by atoms with Crippen molar-refractivity contribution in [3.8, 4) is 11.5 Å². The van der Waals surface area contributed by atoms with E-state index in [2.05, 4.69) is 5.32 Å². The minimum atomic E-state index is -0.969. The lowest BCUT2D eigenvalue weighted by molar-refractivity contribution is -0.145. The highest BCUT2D eigenvalue weighted by Gasteiger charge is 2.20. The molecule has 7 heteroatoms. The van der Waals surface area contributed by atoms with Gasteiger partial charge >= 0.3 is 5.97 Å². The number of carbonyl (C=O) groups excluding carboxylic acids is 3. The number of esters is 1. The highest BCUT2D eigenvalue weighted by molar-refractivity contribution is 6.00. The maximum atomic E-state index is 12.3. The Hall–Kier alpha value is -3.35. The molecule has 0 heterocycles. The topological polar surface area (TPSA) is 90.9 Å². The van der Waals surface area contributed by atoms with Crippen molar-refractivity contribution in [2.45, 2.75) is 20.0 Å². The molecule has 7 nitrogen and oxygen atoms in total. The van der Waals surface area contributed by atoms with Gasteiger partial charge in [-0.25, -0.2) is 0 Å². The molecule has 1 N–H and O–H groups in total. The molecule has 0 unspecified atom stereocenters. The molecule has 2 aromatic rings. The van der Waals surface area contributed by atoms with Gasteiger partial charge < -0.3 is 19.5 Å². The number of methoxy groups -OCH3 is 1. The molecule has 0 aliphatic carbocycles. The van der Waals surface area contributed by atoms with Gasteiger partial charge in [-0.3, -0.25) is 14.4 Å². The Morgan fingerprint density at radius 2 is 1.50 bits per heavy atom. The number of benzene rings is 2. The highest BCUT2D eigenvalue weighted by atomic mass is 16.5. The largest absolute Gasteiger partial charge is 0.497 e. The van der Waals surface area contributed by atoms with Crippen LogP contribution >= 0.6 is 0 Å². The summed E-state index contributed by atoms with van der Waals surface area (Å²) in [4.78, 5) is 36.3. The van der Waals surface area contributed by atoms with E-state index in [1.54, 1.807) is 48.5 Å². The maximum Gasteiger partial charge on any atom is 0.326 e. The van der Waals surface area contributed by atoms with Crippen LogP contribution in [0.2, 0.25) is 0 Å². The summed E-state index contributed by atoms with van der Waals surface area (Å²) >= 11 is 0. The molecular weight excluding hydrogens is 362 g/mol. The Bertz CT molecular complexity index is 814. The van der Waals surface area contributed by atoms with Crippen LogP contribution in [0.15, 0.2) is 48.5 Å². The number of Topliss-reactive ketones (excluding diaryl/α,β-unsaturated/α-hetero) is 1. The molecule has 0 spiro atoms. The van der Waals surface area contributed by atoms with Gasteiger partial charge in [0.05, 0.1) is 13.7 Å². The van der Waals surface area contributed by atoms with Gasteiger partial charge in [0.25, 0.3) is 5.91 Å². The molecule has 0 bridgehead atoms. The lowest BCUT2D eigenvalue weighted by Crippen LogP contribution is -2.34. The second-order valence-corrected chi connectivity index (χ2v) is 5.86. The summed E-state index contributed by atoms with van der Waals surface area (Å²) in [6, 6.07) is 13.0. The average molecular weight is 385 g/mol. The number of ketones is 1. The molecule has 0 fully saturated rings. The Morgan fingerprint density at radius 1 is 0.929 bits per heavy atom. The maximum absolute atomic E-state index is 12.3. The van der Waals surface area contributed by atoms with E-state index in [4.69, 9.17) is 14.2 Å². The minimum Gasteiger partial charge on any atom is -0.497 e. The minimum absolute atomic E-state index is 0.339. The first kappa shape index (κ1) is 21.0. The van der Waals surface area contributed by atoms with Gasteiger partial charge in [0.1, 0.15) is 18.0 Å². The lowest BCUT2D eigenvalue weighted by atomic mass is 10.1. The van der Waals surface area contributed by atoms with Crippen molar-refractivity contribution in [1.29, 1.82) is 0 Å². The second kappa shape index (κ2) is 10.1. The van der Waals surface area contributed by atoms with E-state index in [1.807, 2.05) is 6.92 Å². The van der Waals surface area contributed by atoms with Crippen molar-refractivity contribution >= 4 is 17.7 Å². The summed E-state index contributed by atoms with van der Waals surface area (Å²) in [5.74, 6) is -0.181. The summed E-state index contributed by atoms with van der Waals surface area (Å²) in [5.41, 5.74) is 0.790. The Balaban J connectivity index is 1.83. The van der Waals surface area contributed by atoms with Crippen LogP contribution in [0.5, 0.6) is 11.5 Å². The van der Waals surface area contributed by atoms with Crippen molar-refractivity contribution in [2.24, 2.45) is 0 Å². The number of ether oxygens (including phenoxy) is 3. The zero-order valence-corrected chi connectivity index (χ0v) is 16.1. The average Bonchev–Trinajstić information content (AvgIpc) is 2.72. The fourth-order valence-corrected chi connectivity index (χ4v) is 2.41. The van der Waals surface area contributed by atoms with Gasteiger partial charge in [-0.15, -0.1) is 0 Å². The van der Waals surface area contributed by atoms with Gasteiger partial charge in [0.15, 0.2) is 6.10 Å². The molecule has 0 saturated heterocycles. The third-order valence-electron chi connectivity index (χ3n) is 3.87. The molecule has 2 aromatic carbocycles. The molecule has 0 aliphatic heterocycles. The van der Waals surface area contributed by atoms with Gasteiger partial charge in [-0.05, 0) is 62.4 Å². The Labute approximate surface area is 163 Å². The summed E-state index contributed by atoms with van der Waals surface area (Å²) in [6.45, 7) is 3.54. The van der Waals surface area contributed by atoms with Crippen LogP contribution in [0, 0.1) is 0 Å². The van der Waals surface area contributed by atoms with Crippen LogP contribution in [0.3, 0.4) is 0 Å². The second-order valence-electron chi connectivity index (χ2n) is 5.86. The smallest absolute Gasteiger partial charge is 0.326 e. The third-order valence-corrected chi connectivity index (χ3v) is 3.87. The van der Waals surface area contributed by atoms with Crippen LogP contribution in [-0.4, -0.2) is 44.0 Å². The zero-order valence-electron chi connectivity index (χ0n) is 16.1. The molecule has 28 heavy (non-hydrogen) atoms. The van der Waals surface area contributed by atoms with Crippen LogP contribution in [0.4, 0.5) is 0 Å². The third kappa shape index (κ3) is 5.84. The Kier molecular flexibility index (Phi) is 7.56. The predicted octanol–water partition coefficient (Wildman–Crippen LogP) is 2.64. The van der Waals surface area contributed by atoms with Crippen LogP contribution < -0.4 is 14.8 Å². The standard InChI is InChI=1S/C21H23NO6/c1-4-27-18-11-7-16(8-12-18)21(25)22-13-19(23)28-14(2)20(24)15-5-9-17(26-3)10-6-15/h5-12,14H,4,13H2,1-3H3,(H,22,25)/t14-/m0/s1. The van der Waals surface area contributed by atoms with E-state index >= 15 is 0 Å². The van der Waals surface area contributed by atoms with Crippen molar-refractivity contribution in [1.82, 2.24) is 5.32 Å². The molecule has 0 aromatic heterocycles. The van der Waals surface area contributed by atoms with Gasteiger partial charge in [-0.2, -0.15) is 0 Å². The van der Waals surface area contributed by atoms with Crippen molar-refractivity contribution in [3.63, 3.8) is 0 Å². The molecule has 0 saturated carbocycles. The van der Waals surface area contributed by atoms with E-state index in [-0.39, 0.29) is 12.3 Å². The first-order valence-electron chi connectivity index (χ1n) is 8.83. The summed E-state index contributed by atoms with van der Waals surface area (Å²) in [7, 11) is 1.53. The van der Waals surface area contributed by atoms with E-state index in [0.717, 1.165) is 0 Å². The number of hydrogen-bond acceptors (Lipinski definition) is 6. The normalized spacial score (nSPS) is 11.2. The van der Waals surface area contributed by atoms with E-state index in [0.29, 0.717) is 29.2 Å². The van der Waals surface area contributed by atoms with E-state index in [1.165, 1.54) is 14.0 Å². The zero-order chi connectivity index (χ0) is 20.5. The number of hydrogen-bond donors (Lipinski definition) is 1. The molecule has 1 atom stereocenters. The lowest BCUT2D eigenvalue weighted by Gasteiger charge is -2.13. The van der Waals surface area contributed by atoms with Crippen LogP contribution in [0.1, 0.15) is 34.6 Å². The molecule has 148 valence electrons.